The third kappa shape index (κ3) is 51.0. The Hall–Kier alpha value is -1.16. The van der Waals surface area contributed by atoms with E-state index in [0.29, 0.717) is 36.5 Å². The molecular formula is C36H85ClO10Si5. The molecule has 0 aliphatic heterocycles. The summed E-state index contributed by atoms with van der Waals surface area (Å²) in [6.45, 7) is 36.7. The highest BCUT2D eigenvalue weighted by Gasteiger charge is 2.39. The zero-order chi connectivity index (χ0) is 37.9. The smallest absolute Gasteiger partial charge is 0.333 e. The Bertz CT molecular complexity index is 966. The Morgan fingerprint density at radius 1 is 0.519 bits per heavy atom. The second-order valence-electron chi connectivity index (χ2n) is 14.4. The molecule has 0 bridgehead atoms. The van der Waals surface area contributed by atoms with E-state index in [2.05, 4.69) is 72.1 Å². The van der Waals surface area contributed by atoms with Gasteiger partial charge >= 0.3 is 35.0 Å². The van der Waals surface area contributed by atoms with Crippen LogP contribution in [0.5, 0.6) is 0 Å². The van der Waals surface area contributed by atoms with Crippen LogP contribution in [0.3, 0.4) is 0 Å². The molecular weight excluding hydrogens is 768 g/mol. The van der Waals surface area contributed by atoms with E-state index in [4.69, 9.17) is 43.1 Å². The van der Waals surface area contributed by atoms with Gasteiger partial charge in [0, 0.05) is 16.7 Å². The molecule has 2 N–H and O–H groups in total. The third-order valence-electron chi connectivity index (χ3n) is 5.55. The lowest BCUT2D eigenvalue weighted by Crippen LogP contribution is -2.52. The highest BCUT2D eigenvalue weighted by Crippen LogP contribution is 2.26. The minimum absolute atomic E-state index is 0. The summed E-state index contributed by atoms with van der Waals surface area (Å²) >= 11 is 6.09. The second kappa shape index (κ2) is 32.1. The van der Waals surface area contributed by atoms with E-state index in [9.17, 15) is 14.4 Å². The average molecular weight is 854 g/mol. The molecule has 0 fully saturated rings. The lowest BCUT2D eigenvalue weighted by atomic mass is 10.4. The number of esters is 3. The van der Waals surface area contributed by atoms with Gasteiger partial charge in [0.15, 0.2) is 24.0 Å². The number of ether oxygens (including phenoxy) is 3. The fraction of sp³-hybridized carbons (Fsp3) is 0.750. The quantitative estimate of drug-likeness (QED) is 0.0322. The summed E-state index contributed by atoms with van der Waals surface area (Å²) in [4.78, 5) is 50.3. The van der Waals surface area contributed by atoms with Crippen LogP contribution in [0.1, 0.15) is 77.2 Å². The summed E-state index contributed by atoms with van der Waals surface area (Å²) in [5.41, 5.74) is 1.28. The third-order valence-corrected chi connectivity index (χ3v) is 19.1. The molecule has 0 saturated heterocycles. The van der Waals surface area contributed by atoms with Crippen LogP contribution in [0.15, 0.2) is 36.5 Å². The maximum Gasteiger partial charge on any atom is 0.333 e. The van der Waals surface area contributed by atoms with Gasteiger partial charge in [-0.2, -0.15) is 11.1 Å². The molecule has 0 aliphatic carbocycles. The molecule has 0 aromatic rings. The number of halogens is 1. The summed E-state index contributed by atoms with van der Waals surface area (Å²) in [6.07, 6.45) is 2.40. The molecule has 0 radical (unpaired) electrons. The van der Waals surface area contributed by atoms with Gasteiger partial charge < -0.3 is 32.0 Å². The standard InChI is InChI=1S/C20H40O6Si3.C9H17ClO2Si.C2H8O2Si.5CH4/c1-17(2)19(21)23-13-11-15-27(5,6)25-29(9,10)26-28(7,8)16-12-14-24-20(22)18(3)4;1-8(2)9(11)12-6-5-7-13(3,4)10;1-5(2,3)4;;;;;/h1,3,11-16H2,2,4-10H3;1,5-7H2,2-4H3;3-4H,1-2H3;5*1H4. The molecule has 316 valence electrons. The molecule has 0 atom stereocenters. The molecule has 0 saturated carbocycles. The maximum absolute atomic E-state index is 11.4. The monoisotopic (exact) mass is 852 g/mol. The summed E-state index contributed by atoms with van der Waals surface area (Å²) in [5, 5.41) is 0. The molecule has 52 heavy (non-hydrogen) atoms. The van der Waals surface area contributed by atoms with Gasteiger partial charge in [-0.3, -0.25) is 0 Å². The molecule has 10 nitrogen and oxygen atoms in total. The van der Waals surface area contributed by atoms with Crippen LogP contribution in [0, 0.1) is 0 Å². The first-order chi connectivity index (χ1) is 20.9. The van der Waals surface area contributed by atoms with Crippen molar-refractivity contribution in [2.24, 2.45) is 0 Å². The summed E-state index contributed by atoms with van der Waals surface area (Å²) in [7, 11) is -10.3. The first-order valence-corrected chi connectivity index (χ1v) is 32.1. The van der Waals surface area contributed by atoms with Gasteiger partial charge in [-0.05, 0) is 111 Å². The predicted molar refractivity (Wildman–Crippen MR) is 239 cm³/mol. The van der Waals surface area contributed by atoms with Crippen molar-refractivity contribution in [1.29, 1.82) is 0 Å². The van der Waals surface area contributed by atoms with E-state index < -0.39 is 41.1 Å². The van der Waals surface area contributed by atoms with Crippen molar-refractivity contribution in [2.45, 2.75) is 161 Å². The van der Waals surface area contributed by atoms with E-state index in [1.54, 1.807) is 20.8 Å². The molecule has 0 heterocycles. The van der Waals surface area contributed by atoms with Gasteiger partial charge in [0.2, 0.25) is 0 Å². The molecule has 0 rings (SSSR count). The van der Waals surface area contributed by atoms with Crippen LogP contribution in [-0.4, -0.2) is 88.5 Å². The zero-order valence-corrected chi connectivity index (χ0v) is 37.3. The first-order valence-electron chi connectivity index (χ1n) is 15.9. The largest absolute Gasteiger partial charge is 0.462 e. The number of hydrogen-bond acceptors (Lipinski definition) is 10. The Labute approximate surface area is 332 Å². The van der Waals surface area contributed by atoms with Crippen molar-refractivity contribution in [3.8, 4) is 0 Å². The van der Waals surface area contributed by atoms with Crippen molar-refractivity contribution >= 4 is 70.1 Å². The van der Waals surface area contributed by atoms with Crippen LogP contribution in [0.4, 0.5) is 0 Å². The van der Waals surface area contributed by atoms with Crippen molar-refractivity contribution in [1.82, 2.24) is 0 Å². The van der Waals surface area contributed by atoms with E-state index >= 15 is 0 Å². The fourth-order valence-electron chi connectivity index (χ4n) is 3.81. The van der Waals surface area contributed by atoms with Gasteiger partial charge in [0.25, 0.3) is 0 Å². The van der Waals surface area contributed by atoms with E-state index in [1.807, 2.05) is 0 Å². The van der Waals surface area contributed by atoms with Crippen molar-refractivity contribution in [3.63, 3.8) is 0 Å². The predicted octanol–water partition coefficient (Wildman–Crippen LogP) is 10.9. The molecule has 0 amide bonds. The number of rotatable bonds is 19. The van der Waals surface area contributed by atoms with Crippen molar-refractivity contribution in [3.05, 3.63) is 36.5 Å². The molecule has 0 aromatic heterocycles. The van der Waals surface area contributed by atoms with Crippen LogP contribution >= 0.6 is 11.1 Å². The molecule has 0 aliphatic rings. The minimum Gasteiger partial charge on any atom is -0.462 e. The number of carbonyl (C=O) groups is 3. The summed E-state index contributed by atoms with van der Waals surface area (Å²) < 4.78 is 28.3. The Kier molecular flexibility index (Phi) is 42.5. The first kappa shape index (κ1) is 68.8. The number of carbonyl (C=O) groups excluding carboxylic acids is 3. The van der Waals surface area contributed by atoms with Crippen LogP contribution in [0.2, 0.25) is 83.6 Å². The lowest BCUT2D eigenvalue weighted by molar-refractivity contribution is -0.139. The lowest BCUT2D eigenvalue weighted by Gasteiger charge is -2.38. The van der Waals surface area contributed by atoms with Crippen LogP contribution in [0.25, 0.3) is 0 Å². The van der Waals surface area contributed by atoms with Gasteiger partial charge in [-0.15, -0.1) is 0 Å². The van der Waals surface area contributed by atoms with Crippen LogP contribution in [-0.2, 0) is 36.8 Å². The van der Waals surface area contributed by atoms with Gasteiger partial charge in [0.05, 0.1) is 19.8 Å². The Morgan fingerprint density at radius 2 is 0.731 bits per heavy atom. The molecule has 0 unspecified atom stereocenters. The summed E-state index contributed by atoms with van der Waals surface area (Å²) in [6, 6.07) is 2.77. The summed E-state index contributed by atoms with van der Waals surface area (Å²) in [5.74, 6) is -0.996. The number of hydrogen-bond donors (Lipinski definition) is 2. The van der Waals surface area contributed by atoms with Crippen LogP contribution < -0.4 is 0 Å². The topological polar surface area (TPSA) is 138 Å². The molecule has 0 aromatic carbocycles. The van der Waals surface area contributed by atoms with E-state index in [0.717, 1.165) is 37.4 Å². The highest BCUT2D eigenvalue weighted by molar-refractivity contribution is 7.19. The van der Waals surface area contributed by atoms with E-state index in [1.165, 1.54) is 13.1 Å². The van der Waals surface area contributed by atoms with Crippen molar-refractivity contribution < 1.29 is 46.4 Å². The average Bonchev–Trinajstić information content (AvgIpc) is 2.83. The highest BCUT2D eigenvalue weighted by atomic mass is 35.6. The zero-order valence-electron chi connectivity index (χ0n) is 31.5. The van der Waals surface area contributed by atoms with E-state index in [-0.39, 0.29) is 55.0 Å². The van der Waals surface area contributed by atoms with Crippen molar-refractivity contribution in [2.75, 3.05) is 19.8 Å². The van der Waals surface area contributed by atoms with Gasteiger partial charge in [0.1, 0.15) is 0 Å². The fourth-order valence-corrected chi connectivity index (χ4v) is 19.2. The SMILES string of the molecule is C.C.C.C.C.C=C(C)C(=O)OCCC[Si](C)(C)Cl.C=C(C)C(=O)OCCC[Si](C)(C)O[Si](C)(C)O[Si](C)(C)CCCOC(=O)C(=C)C.C[Si](C)(O)O. The normalized spacial score (nSPS) is 10.8. The molecule has 0 spiro atoms. The Morgan fingerprint density at radius 3 is 0.923 bits per heavy atom. The molecule has 16 heteroatoms. The second-order valence-corrected chi connectivity index (χ2v) is 36.9. The van der Waals surface area contributed by atoms with Gasteiger partial charge in [-0.1, -0.05) is 70.0 Å². The minimum atomic E-state index is -2.61. The van der Waals surface area contributed by atoms with Gasteiger partial charge in [-0.25, -0.2) is 14.4 Å². The maximum atomic E-state index is 11.4. The Balaban J connectivity index is -0.000000118.